The zero-order valence-corrected chi connectivity index (χ0v) is 15.0. The highest BCUT2D eigenvalue weighted by Crippen LogP contribution is 2.45. The molecule has 5 heteroatoms. The molecule has 1 spiro atoms. The van der Waals surface area contributed by atoms with E-state index in [0.717, 1.165) is 36.9 Å². The van der Waals surface area contributed by atoms with Crippen LogP contribution in [0.4, 0.5) is 10.5 Å². The maximum Gasteiger partial charge on any atom is 0.410 e. The zero-order chi connectivity index (χ0) is 16.0. The number of piperidine rings is 1. The third kappa shape index (κ3) is 2.96. The van der Waals surface area contributed by atoms with Crippen LogP contribution < -0.4 is 5.32 Å². The van der Waals surface area contributed by atoms with E-state index in [9.17, 15) is 4.79 Å². The van der Waals surface area contributed by atoms with Gasteiger partial charge in [-0.25, -0.2) is 4.79 Å². The summed E-state index contributed by atoms with van der Waals surface area (Å²) in [4.78, 5) is 14.0. The molecule has 1 aromatic rings. The molecule has 3 rings (SSSR count). The quantitative estimate of drug-likeness (QED) is 0.749. The Hall–Kier alpha value is -1.23. The number of hydrogen-bond donors (Lipinski definition) is 1. The number of nitrogens with zero attached hydrogens (tertiary/aromatic N) is 1. The highest BCUT2D eigenvalue weighted by molar-refractivity contribution is 9.10. The summed E-state index contributed by atoms with van der Waals surface area (Å²) in [6.07, 6.45) is 1.76. The first-order valence-corrected chi connectivity index (χ1v) is 8.60. The number of hydrogen-bond acceptors (Lipinski definition) is 3. The standard InChI is InChI=1S/C17H23BrN2O2/c1-16(2,3)22-15(21)20-8-6-17(7-9-20)11-19-14-5-4-12(18)10-13(14)17/h4-5,10,19H,6-9,11H2,1-3H3. The summed E-state index contributed by atoms with van der Waals surface area (Å²) in [6, 6.07) is 6.42. The van der Waals surface area contributed by atoms with Gasteiger partial charge in [-0.2, -0.15) is 0 Å². The average Bonchev–Trinajstić information content (AvgIpc) is 2.76. The third-order valence-corrected chi connectivity index (χ3v) is 5.04. The van der Waals surface area contributed by atoms with Crippen molar-refractivity contribution in [3.63, 3.8) is 0 Å². The maximum absolute atomic E-state index is 12.2. The van der Waals surface area contributed by atoms with Gasteiger partial charge < -0.3 is 15.0 Å². The van der Waals surface area contributed by atoms with Crippen molar-refractivity contribution in [2.45, 2.75) is 44.6 Å². The summed E-state index contributed by atoms with van der Waals surface area (Å²) in [5.74, 6) is 0. The molecule has 0 unspecified atom stereocenters. The van der Waals surface area contributed by atoms with Gasteiger partial charge in [-0.05, 0) is 57.4 Å². The van der Waals surface area contributed by atoms with Gasteiger partial charge in [0.1, 0.15) is 5.60 Å². The van der Waals surface area contributed by atoms with Crippen molar-refractivity contribution in [3.8, 4) is 0 Å². The van der Waals surface area contributed by atoms with Crippen LogP contribution >= 0.6 is 15.9 Å². The molecule has 2 heterocycles. The number of likely N-dealkylation sites (tertiary alicyclic amines) is 1. The number of ether oxygens (including phenoxy) is 1. The van der Waals surface area contributed by atoms with Crippen LogP contribution in [-0.4, -0.2) is 36.2 Å². The molecule has 1 aromatic carbocycles. The Balaban J connectivity index is 1.71. The molecule has 0 atom stereocenters. The molecule has 0 bridgehead atoms. The summed E-state index contributed by atoms with van der Waals surface area (Å²) in [7, 11) is 0. The van der Waals surface area contributed by atoms with Gasteiger partial charge in [-0.3, -0.25) is 0 Å². The molecule has 1 saturated heterocycles. The lowest BCUT2D eigenvalue weighted by Gasteiger charge is -2.39. The molecule has 22 heavy (non-hydrogen) atoms. The van der Waals surface area contributed by atoms with Crippen LogP contribution in [-0.2, 0) is 10.2 Å². The molecular weight excluding hydrogens is 344 g/mol. The number of halogens is 1. The van der Waals surface area contributed by atoms with Crippen molar-refractivity contribution in [1.82, 2.24) is 4.90 Å². The molecule has 1 fully saturated rings. The van der Waals surface area contributed by atoms with Gasteiger partial charge in [-0.1, -0.05) is 15.9 Å². The van der Waals surface area contributed by atoms with E-state index in [-0.39, 0.29) is 11.5 Å². The first-order valence-electron chi connectivity index (χ1n) is 7.81. The predicted molar refractivity (Wildman–Crippen MR) is 91.4 cm³/mol. The fourth-order valence-corrected chi connectivity index (χ4v) is 3.72. The Morgan fingerprint density at radius 1 is 1.32 bits per heavy atom. The van der Waals surface area contributed by atoms with E-state index in [0.29, 0.717) is 0 Å². The number of rotatable bonds is 0. The molecule has 0 radical (unpaired) electrons. The van der Waals surface area contributed by atoms with Crippen molar-refractivity contribution < 1.29 is 9.53 Å². The van der Waals surface area contributed by atoms with Gasteiger partial charge in [0.2, 0.25) is 0 Å². The van der Waals surface area contributed by atoms with E-state index in [4.69, 9.17) is 4.74 Å². The summed E-state index contributed by atoms with van der Waals surface area (Å²) in [5.41, 5.74) is 2.33. The zero-order valence-electron chi connectivity index (χ0n) is 13.4. The Morgan fingerprint density at radius 2 is 2.00 bits per heavy atom. The van der Waals surface area contributed by atoms with E-state index in [2.05, 4.69) is 39.4 Å². The first-order chi connectivity index (χ1) is 10.3. The Kier molecular flexibility index (Phi) is 3.87. The normalized spacial score (nSPS) is 19.7. The monoisotopic (exact) mass is 366 g/mol. The number of fused-ring (bicyclic) bond motifs is 2. The number of carbonyl (C=O) groups is 1. The Morgan fingerprint density at radius 3 is 2.64 bits per heavy atom. The third-order valence-electron chi connectivity index (χ3n) is 4.54. The number of benzene rings is 1. The van der Waals surface area contributed by atoms with Crippen molar-refractivity contribution in [1.29, 1.82) is 0 Å². The molecule has 2 aliphatic rings. The fraction of sp³-hybridized carbons (Fsp3) is 0.588. The minimum absolute atomic E-state index is 0.150. The van der Waals surface area contributed by atoms with E-state index in [1.54, 1.807) is 0 Å². The van der Waals surface area contributed by atoms with E-state index >= 15 is 0 Å². The number of amides is 1. The maximum atomic E-state index is 12.2. The van der Waals surface area contributed by atoms with Gasteiger partial charge in [0.05, 0.1) is 0 Å². The van der Waals surface area contributed by atoms with Crippen LogP contribution in [0, 0.1) is 0 Å². The largest absolute Gasteiger partial charge is 0.444 e. The molecule has 0 aromatic heterocycles. The van der Waals surface area contributed by atoms with Crippen LogP contribution in [0.1, 0.15) is 39.2 Å². The smallest absolute Gasteiger partial charge is 0.410 e. The van der Waals surface area contributed by atoms with Crippen LogP contribution in [0.25, 0.3) is 0 Å². The predicted octanol–water partition coefficient (Wildman–Crippen LogP) is 4.14. The Labute approximate surface area is 140 Å². The second-order valence-electron chi connectivity index (χ2n) is 7.29. The summed E-state index contributed by atoms with van der Waals surface area (Å²) >= 11 is 3.57. The van der Waals surface area contributed by atoms with Crippen molar-refractivity contribution in [2.75, 3.05) is 25.0 Å². The molecule has 120 valence electrons. The lowest BCUT2D eigenvalue weighted by atomic mass is 9.74. The number of anilines is 1. The number of carbonyl (C=O) groups excluding carboxylic acids is 1. The van der Waals surface area contributed by atoms with E-state index < -0.39 is 5.60 Å². The molecule has 0 saturated carbocycles. The van der Waals surface area contributed by atoms with Crippen molar-refractivity contribution in [3.05, 3.63) is 28.2 Å². The first kappa shape index (κ1) is 15.7. The van der Waals surface area contributed by atoms with Gasteiger partial charge in [-0.15, -0.1) is 0 Å². The van der Waals surface area contributed by atoms with Gasteiger partial charge in [0, 0.05) is 35.2 Å². The molecular formula is C17H23BrN2O2. The summed E-state index contributed by atoms with van der Waals surface area (Å²) < 4.78 is 6.60. The highest BCUT2D eigenvalue weighted by Gasteiger charge is 2.42. The van der Waals surface area contributed by atoms with Gasteiger partial charge in [0.25, 0.3) is 0 Å². The lowest BCUT2D eigenvalue weighted by molar-refractivity contribution is 0.0172. The minimum Gasteiger partial charge on any atom is -0.444 e. The SMILES string of the molecule is CC(C)(C)OC(=O)N1CCC2(CC1)CNc1ccc(Br)cc12. The molecule has 4 nitrogen and oxygen atoms in total. The fourth-order valence-electron chi connectivity index (χ4n) is 3.36. The van der Waals surface area contributed by atoms with Gasteiger partial charge >= 0.3 is 6.09 Å². The Bertz CT molecular complexity index is 587. The van der Waals surface area contributed by atoms with Gasteiger partial charge in [0.15, 0.2) is 0 Å². The van der Waals surface area contributed by atoms with Crippen LogP contribution in [0.2, 0.25) is 0 Å². The summed E-state index contributed by atoms with van der Waals surface area (Å²) in [5, 5.41) is 3.51. The van der Waals surface area contributed by atoms with Crippen molar-refractivity contribution in [2.24, 2.45) is 0 Å². The summed E-state index contributed by atoms with van der Waals surface area (Å²) in [6.45, 7) is 8.19. The second-order valence-corrected chi connectivity index (χ2v) is 8.21. The van der Waals surface area contributed by atoms with Crippen LogP contribution in [0.5, 0.6) is 0 Å². The minimum atomic E-state index is -0.432. The average molecular weight is 367 g/mol. The molecule has 1 N–H and O–H groups in total. The van der Waals surface area contributed by atoms with Crippen molar-refractivity contribution >= 4 is 27.7 Å². The molecule has 2 aliphatic heterocycles. The topological polar surface area (TPSA) is 41.6 Å². The number of nitrogens with one attached hydrogen (secondary N) is 1. The van der Waals surface area contributed by atoms with Crippen LogP contribution in [0.15, 0.2) is 22.7 Å². The molecule has 0 aliphatic carbocycles. The van der Waals surface area contributed by atoms with E-state index in [1.165, 1.54) is 11.3 Å². The molecule has 1 amide bonds. The second kappa shape index (κ2) is 5.44. The highest BCUT2D eigenvalue weighted by atomic mass is 79.9. The van der Waals surface area contributed by atoms with Crippen LogP contribution in [0.3, 0.4) is 0 Å². The van der Waals surface area contributed by atoms with E-state index in [1.807, 2.05) is 25.7 Å². The lowest BCUT2D eigenvalue weighted by Crippen LogP contribution is -2.47.